The Hall–Kier alpha value is -3.27. The summed E-state index contributed by atoms with van der Waals surface area (Å²) in [6.45, 7) is 5.75. The van der Waals surface area contributed by atoms with E-state index in [1.165, 1.54) is 48.4 Å². The maximum Gasteiger partial charge on any atom is 0.264 e. The predicted octanol–water partition coefficient (Wildman–Crippen LogP) is 5.78. The first-order valence-electron chi connectivity index (χ1n) is 13.2. The Labute approximate surface area is 252 Å². The number of carbonyl (C=O) groups excluding carboxylic acids is 2. The summed E-state index contributed by atoms with van der Waals surface area (Å²) in [5, 5.41) is 3.86. The van der Waals surface area contributed by atoms with Gasteiger partial charge in [0.05, 0.1) is 17.7 Å². The number of benzene rings is 3. The van der Waals surface area contributed by atoms with Crippen LogP contribution in [0.1, 0.15) is 32.8 Å². The molecule has 0 spiro atoms. The van der Waals surface area contributed by atoms with Gasteiger partial charge >= 0.3 is 0 Å². The molecule has 1 atom stereocenters. The Bertz CT molecular complexity index is 1410. The summed E-state index contributed by atoms with van der Waals surface area (Å²) in [7, 11) is -2.72. The number of hydrogen-bond donors (Lipinski definition) is 1. The molecule has 0 fully saturated rings. The number of rotatable bonds is 13. The minimum atomic E-state index is -4.20. The summed E-state index contributed by atoms with van der Waals surface area (Å²) in [6, 6.07) is 18.2. The molecule has 220 valence electrons. The number of hydrogen-bond acceptors (Lipinski definition) is 5. The lowest BCUT2D eigenvalue weighted by atomic mass is 10.1. The molecule has 0 aliphatic heterocycles. The van der Waals surface area contributed by atoms with Crippen LogP contribution in [-0.4, -0.2) is 51.4 Å². The highest BCUT2D eigenvalue weighted by Gasteiger charge is 2.33. The molecule has 0 aromatic heterocycles. The van der Waals surface area contributed by atoms with Gasteiger partial charge in [-0.05, 0) is 78.6 Å². The first kappa shape index (κ1) is 32.2. The molecule has 0 bridgehead atoms. The molecule has 11 heteroatoms. The quantitative estimate of drug-likeness (QED) is 0.262. The highest BCUT2D eigenvalue weighted by atomic mass is 35.5. The lowest BCUT2D eigenvalue weighted by Gasteiger charge is -2.33. The maximum absolute atomic E-state index is 14.1. The summed E-state index contributed by atoms with van der Waals surface area (Å²) < 4.78 is 34.0. The minimum Gasteiger partial charge on any atom is -0.497 e. The van der Waals surface area contributed by atoms with Gasteiger partial charge in [0.25, 0.3) is 10.0 Å². The van der Waals surface area contributed by atoms with Crippen molar-refractivity contribution in [2.75, 3.05) is 24.5 Å². The van der Waals surface area contributed by atoms with Gasteiger partial charge in [0.1, 0.15) is 18.3 Å². The maximum atomic E-state index is 14.1. The van der Waals surface area contributed by atoms with Crippen molar-refractivity contribution >= 4 is 50.7 Å². The fourth-order valence-corrected chi connectivity index (χ4v) is 5.81. The summed E-state index contributed by atoms with van der Waals surface area (Å²) in [5.41, 5.74) is 0.997. The predicted molar refractivity (Wildman–Crippen MR) is 163 cm³/mol. The van der Waals surface area contributed by atoms with Gasteiger partial charge in [-0.2, -0.15) is 0 Å². The summed E-state index contributed by atoms with van der Waals surface area (Å²) in [4.78, 5) is 28.7. The molecule has 0 saturated heterocycles. The molecule has 0 heterocycles. The second kappa shape index (κ2) is 14.6. The fourth-order valence-electron chi connectivity index (χ4n) is 4.14. The van der Waals surface area contributed by atoms with Gasteiger partial charge in [-0.1, -0.05) is 56.1 Å². The van der Waals surface area contributed by atoms with E-state index in [2.05, 4.69) is 5.32 Å². The van der Waals surface area contributed by atoms with Gasteiger partial charge in [0.15, 0.2) is 0 Å². The molecule has 41 heavy (non-hydrogen) atoms. The Morgan fingerprint density at radius 2 is 1.46 bits per heavy atom. The monoisotopic (exact) mass is 619 g/mol. The number of nitrogens with one attached hydrogen (secondary N) is 1. The zero-order chi connectivity index (χ0) is 30.2. The van der Waals surface area contributed by atoms with Gasteiger partial charge in [-0.15, -0.1) is 0 Å². The van der Waals surface area contributed by atoms with Gasteiger partial charge in [0.2, 0.25) is 11.8 Å². The molecule has 3 rings (SSSR count). The molecular formula is C30H35Cl2N3O5S. The van der Waals surface area contributed by atoms with Crippen LogP contribution in [0.2, 0.25) is 10.0 Å². The van der Waals surface area contributed by atoms with Crippen LogP contribution in [0.15, 0.2) is 77.7 Å². The fraction of sp³-hybridized carbons (Fsp3) is 0.333. The van der Waals surface area contributed by atoms with Gasteiger partial charge in [-0.3, -0.25) is 13.9 Å². The van der Waals surface area contributed by atoms with Crippen molar-refractivity contribution in [2.45, 2.75) is 44.7 Å². The molecule has 3 aromatic carbocycles. The van der Waals surface area contributed by atoms with Crippen molar-refractivity contribution in [1.82, 2.24) is 10.2 Å². The molecule has 2 amide bonds. The molecule has 0 unspecified atom stereocenters. The third kappa shape index (κ3) is 8.61. The number of methoxy groups -OCH3 is 1. The largest absolute Gasteiger partial charge is 0.497 e. The molecule has 0 saturated carbocycles. The van der Waals surface area contributed by atoms with Crippen molar-refractivity contribution < 1.29 is 22.7 Å². The SMILES string of the molecule is CC[C@H](C(=O)NCC(C)C)N(Cc1ccc(Cl)cc1)C(=O)CN(c1ccc(Cl)cc1)S(=O)(=O)c1ccc(OC)cc1. The van der Waals surface area contributed by atoms with Crippen molar-refractivity contribution in [2.24, 2.45) is 5.92 Å². The lowest BCUT2D eigenvalue weighted by Crippen LogP contribution is -2.52. The first-order chi connectivity index (χ1) is 19.5. The average Bonchev–Trinajstić information content (AvgIpc) is 2.96. The molecule has 3 aromatic rings. The zero-order valence-electron chi connectivity index (χ0n) is 23.5. The standard InChI is InChI=1S/C30H35Cl2N3O5S/c1-5-28(30(37)33-18-21(2)3)34(19-22-6-8-23(31)9-7-22)29(36)20-35(25-12-10-24(32)11-13-25)41(38,39)27-16-14-26(40-4)15-17-27/h6-17,21,28H,5,18-20H2,1-4H3,(H,33,37)/t28-/m1/s1. The van der Waals surface area contributed by atoms with Crippen LogP contribution in [0.25, 0.3) is 0 Å². The van der Waals surface area contributed by atoms with Gasteiger partial charge in [0, 0.05) is 23.1 Å². The molecule has 0 aliphatic carbocycles. The van der Waals surface area contributed by atoms with E-state index in [0.29, 0.717) is 28.8 Å². The molecule has 0 radical (unpaired) electrons. The number of nitrogens with zero attached hydrogens (tertiary/aromatic N) is 2. The van der Waals surface area contributed by atoms with Crippen molar-refractivity contribution in [3.8, 4) is 5.75 Å². The van der Waals surface area contributed by atoms with Crippen molar-refractivity contribution in [3.63, 3.8) is 0 Å². The topological polar surface area (TPSA) is 96.0 Å². The third-order valence-corrected chi connectivity index (χ3v) is 8.67. The highest BCUT2D eigenvalue weighted by molar-refractivity contribution is 7.92. The molecule has 1 N–H and O–H groups in total. The molecule has 8 nitrogen and oxygen atoms in total. The van der Waals surface area contributed by atoms with Gasteiger partial charge in [-0.25, -0.2) is 8.42 Å². The molecule has 0 aliphatic rings. The van der Waals surface area contributed by atoms with Crippen LogP contribution in [0.3, 0.4) is 0 Å². The smallest absolute Gasteiger partial charge is 0.264 e. The van der Waals surface area contributed by atoms with E-state index in [9.17, 15) is 18.0 Å². The van der Waals surface area contributed by atoms with E-state index in [1.807, 2.05) is 20.8 Å². The Morgan fingerprint density at radius 3 is 1.98 bits per heavy atom. The van der Waals surface area contributed by atoms with Crippen LogP contribution < -0.4 is 14.4 Å². The van der Waals surface area contributed by atoms with Crippen LogP contribution in [0.4, 0.5) is 5.69 Å². The van der Waals surface area contributed by atoms with Crippen LogP contribution in [0.5, 0.6) is 5.75 Å². The number of ether oxygens (including phenoxy) is 1. The number of anilines is 1. The summed E-state index contributed by atoms with van der Waals surface area (Å²) in [6.07, 6.45) is 0.329. The number of sulfonamides is 1. The Kier molecular flexibility index (Phi) is 11.5. The second-order valence-electron chi connectivity index (χ2n) is 9.87. The Morgan fingerprint density at radius 1 is 0.902 bits per heavy atom. The average molecular weight is 621 g/mol. The van der Waals surface area contributed by atoms with E-state index < -0.39 is 28.5 Å². The van der Waals surface area contributed by atoms with Gasteiger partial charge < -0.3 is 15.0 Å². The van der Waals surface area contributed by atoms with Crippen LogP contribution in [-0.2, 0) is 26.2 Å². The van der Waals surface area contributed by atoms with E-state index >= 15 is 0 Å². The van der Waals surface area contributed by atoms with E-state index in [1.54, 1.807) is 36.4 Å². The third-order valence-electron chi connectivity index (χ3n) is 6.38. The van der Waals surface area contributed by atoms with Crippen LogP contribution in [0, 0.1) is 5.92 Å². The second-order valence-corrected chi connectivity index (χ2v) is 12.6. The van der Waals surface area contributed by atoms with E-state index in [-0.39, 0.29) is 29.0 Å². The normalized spacial score (nSPS) is 12.1. The summed E-state index contributed by atoms with van der Waals surface area (Å²) >= 11 is 12.1. The Balaban J connectivity index is 2.03. The summed E-state index contributed by atoms with van der Waals surface area (Å²) in [5.74, 6) is -0.143. The van der Waals surface area contributed by atoms with Crippen molar-refractivity contribution in [3.05, 3.63) is 88.4 Å². The first-order valence-corrected chi connectivity index (χ1v) is 15.4. The lowest BCUT2D eigenvalue weighted by molar-refractivity contribution is -0.140. The number of amides is 2. The van der Waals surface area contributed by atoms with Crippen LogP contribution >= 0.6 is 23.2 Å². The zero-order valence-corrected chi connectivity index (χ0v) is 25.8. The van der Waals surface area contributed by atoms with E-state index in [4.69, 9.17) is 27.9 Å². The number of carbonyl (C=O) groups is 2. The van der Waals surface area contributed by atoms with E-state index in [0.717, 1.165) is 9.87 Å². The highest BCUT2D eigenvalue weighted by Crippen LogP contribution is 2.27. The van der Waals surface area contributed by atoms with Crippen molar-refractivity contribution in [1.29, 1.82) is 0 Å². The molecular weight excluding hydrogens is 585 g/mol. The minimum absolute atomic E-state index is 0.0213. The number of halogens is 2.